The van der Waals surface area contributed by atoms with Gasteiger partial charge in [0.1, 0.15) is 0 Å². The van der Waals surface area contributed by atoms with Crippen LogP contribution in [-0.2, 0) is 9.53 Å². The Balaban J connectivity index is 2.10. The fourth-order valence-electron chi connectivity index (χ4n) is 1.64. The number of aromatic amines is 1. The topological polar surface area (TPSA) is 55.0 Å². The second-order valence-electron chi connectivity index (χ2n) is 3.59. The van der Waals surface area contributed by atoms with E-state index in [0.717, 1.165) is 16.5 Å². The summed E-state index contributed by atoms with van der Waals surface area (Å²) in [6, 6.07) is 5.90. The number of carbonyl (C=O) groups is 1. The van der Waals surface area contributed by atoms with Gasteiger partial charge in [-0.1, -0.05) is 24.3 Å². The van der Waals surface area contributed by atoms with Crippen LogP contribution in [0.15, 0.2) is 30.5 Å². The zero-order chi connectivity index (χ0) is 12.1. The quantitative estimate of drug-likeness (QED) is 0.821. The van der Waals surface area contributed by atoms with Gasteiger partial charge in [-0.05, 0) is 18.6 Å². The number of hydrogen-bond acceptors (Lipinski definition) is 3. The minimum atomic E-state index is -0.205. The number of ether oxygens (including phenoxy) is 1. The highest BCUT2D eigenvalue weighted by atomic mass is 16.5. The number of nitrogens with zero attached hydrogens (tertiary/aromatic N) is 1. The summed E-state index contributed by atoms with van der Waals surface area (Å²) in [6.45, 7) is 2.22. The Kier molecular flexibility index (Phi) is 3.55. The van der Waals surface area contributed by atoms with Gasteiger partial charge >= 0.3 is 5.97 Å². The van der Waals surface area contributed by atoms with E-state index in [9.17, 15) is 4.79 Å². The fourth-order valence-corrected chi connectivity index (χ4v) is 1.64. The summed E-state index contributed by atoms with van der Waals surface area (Å²) in [4.78, 5) is 11.2. The van der Waals surface area contributed by atoms with Crippen LogP contribution in [0.1, 0.15) is 18.9 Å². The van der Waals surface area contributed by atoms with Crippen LogP contribution in [0.4, 0.5) is 0 Å². The maximum absolute atomic E-state index is 11.2. The van der Waals surface area contributed by atoms with Crippen molar-refractivity contribution in [2.24, 2.45) is 0 Å². The molecule has 0 aliphatic heterocycles. The molecule has 4 heteroatoms. The van der Waals surface area contributed by atoms with Crippen LogP contribution >= 0.6 is 0 Å². The van der Waals surface area contributed by atoms with E-state index in [4.69, 9.17) is 4.74 Å². The number of H-pyrrole nitrogens is 1. The molecule has 0 aliphatic rings. The number of nitrogens with one attached hydrogen (secondary N) is 1. The average Bonchev–Trinajstić information content (AvgIpc) is 2.78. The zero-order valence-corrected chi connectivity index (χ0v) is 9.64. The molecule has 1 heterocycles. The molecule has 0 aliphatic carbocycles. The number of rotatable bonds is 4. The minimum Gasteiger partial charge on any atom is -0.466 e. The molecular formula is C13H14N2O2. The van der Waals surface area contributed by atoms with Gasteiger partial charge in [0.05, 0.1) is 24.7 Å². The van der Waals surface area contributed by atoms with Gasteiger partial charge in [0.2, 0.25) is 0 Å². The molecule has 2 aromatic rings. The lowest BCUT2D eigenvalue weighted by atomic mass is 10.1. The normalized spacial score (nSPS) is 11.1. The highest BCUT2D eigenvalue weighted by molar-refractivity contribution is 5.87. The third-order valence-corrected chi connectivity index (χ3v) is 2.41. The molecule has 2 rings (SSSR count). The van der Waals surface area contributed by atoms with Crippen LogP contribution in [0, 0.1) is 0 Å². The summed E-state index contributed by atoms with van der Waals surface area (Å²) >= 11 is 0. The maximum Gasteiger partial charge on any atom is 0.309 e. The molecule has 0 saturated carbocycles. The Hall–Kier alpha value is -2.10. The molecule has 4 nitrogen and oxygen atoms in total. The molecular weight excluding hydrogens is 216 g/mol. The zero-order valence-electron chi connectivity index (χ0n) is 9.64. The predicted octanol–water partition coefficient (Wildman–Crippen LogP) is 2.53. The van der Waals surface area contributed by atoms with Gasteiger partial charge < -0.3 is 4.74 Å². The minimum absolute atomic E-state index is 0.205. The summed E-state index contributed by atoms with van der Waals surface area (Å²) in [5.41, 5.74) is 2.03. The van der Waals surface area contributed by atoms with E-state index < -0.39 is 0 Å². The summed E-state index contributed by atoms with van der Waals surface area (Å²) in [5, 5.41) is 7.94. The summed E-state index contributed by atoms with van der Waals surface area (Å²) in [5.74, 6) is -0.205. The molecule has 0 spiro atoms. The lowest BCUT2D eigenvalue weighted by Gasteiger charge is -1.97. The third kappa shape index (κ3) is 2.72. The first-order valence-corrected chi connectivity index (χ1v) is 5.55. The van der Waals surface area contributed by atoms with Gasteiger partial charge in [-0.3, -0.25) is 9.89 Å². The van der Waals surface area contributed by atoms with Crippen LogP contribution < -0.4 is 0 Å². The van der Waals surface area contributed by atoms with Crippen molar-refractivity contribution in [3.8, 4) is 0 Å². The molecule has 0 amide bonds. The monoisotopic (exact) mass is 230 g/mol. The van der Waals surface area contributed by atoms with Gasteiger partial charge in [-0.25, -0.2) is 0 Å². The van der Waals surface area contributed by atoms with Crippen LogP contribution in [-0.4, -0.2) is 22.8 Å². The lowest BCUT2D eigenvalue weighted by molar-refractivity contribution is -0.142. The Morgan fingerprint density at radius 1 is 1.53 bits per heavy atom. The highest BCUT2D eigenvalue weighted by Crippen LogP contribution is 2.17. The fraction of sp³-hybridized carbons (Fsp3) is 0.231. The predicted molar refractivity (Wildman–Crippen MR) is 66.4 cm³/mol. The maximum atomic E-state index is 11.2. The molecule has 0 radical (unpaired) electrons. The molecule has 0 saturated heterocycles. The van der Waals surface area contributed by atoms with Crippen molar-refractivity contribution in [1.82, 2.24) is 10.2 Å². The molecule has 1 aromatic heterocycles. The molecule has 0 bridgehead atoms. The number of hydrogen-bond donors (Lipinski definition) is 1. The Morgan fingerprint density at radius 2 is 2.41 bits per heavy atom. The van der Waals surface area contributed by atoms with E-state index in [-0.39, 0.29) is 5.97 Å². The molecule has 0 unspecified atom stereocenters. The van der Waals surface area contributed by atoms with Crippen LogP contribution in [0.2, 0.25) is 0 Å². The molecule has 17 heavy (non-hydrogen) atoms. The first-order valence-electron chi connectivity index (χ1n) is 5.55. The van der Waals surface area contributed by atoms with Crippen LogP contribution in [0.25, 0.3) is 17.0 Å². The van der Waals surface area contributed by atoms with E-state index in [1.54, 1.807) is 19.2 Å². The number of aromatic nitrogens is 2. The second-order valence-corrected chi connectivity index (χ2v) is 3.59. The van der Waals surface area contributed by atoms with E-state index in [1.807, 2.05) is 24.3 Å². The van der Waals surface area contributed by atoms with Gasteiger partial charge in [-0.2, -0.15) is 5.10 Å². The number of benzene rings is 1. The van der Waals surface area contributed by atoms with E-state index in [1.165, 1.54) is 0 Å². The molecule has 1 N–H and O–H groups in total. The standard InChI is InChI=1S/C13H14N2O2/c1-2-17-13(16)8-4-6-10-5-3-7-12-11(10)9-14-15-12/h3-7,9H,2,8H2,1H3,(H,14,15). The molecule has 0 atom stereocenters. The Labute approximate surface area is 99.3 Å². The summed E-state index contributed by atoms with van der Waals surface area (Å²) in [7, 11) is 0. The largest absolute Gasteiger partial charge is 0.466 e. The first kappa shape index (κ1) is 11.4. The van der Waals surface area contributed by atoms with Crippen LogP contribution in [0.3, 0.4) is 0 Å². The van der Waals surface area contributed by atoms with Gasteiger partial charge in [0, 0.05) is 5.39 Å². The smallest absolute Gasteiger partial charge is 0.309 e. The summed E-state index contributed by atoms with van der Waals surface area (Å²) < 4.78 is 4.84. The van der Waals surface area contributed by atoms with E-state index in [2.05, 4.69) is 10.2 Å². The SMILES string of the molecule is CCOC(=O)CC=Cc1cccc2[nH]ncc12. The average molecular weight is 230 g/mol. The van der Waals surface area contributed by atoms with Crippen molar-refractivity contribution in [2.75, 3.05) is 6.61 Å². The van der Waals surface area contributed by atoms with Crippen molar-refractivity contribution in [2.45, 2.75) is 13.3 Å². The first-order chi connectivity index (χ1) is 8.31. The number of fused-ring (bicyclic) bond motifs is 1. The number of carbonyl (C=O) groups excluding carboxylic acids is 1. The van der Waals surface area contributed by atoms with Gasteiger partial charge in [0.25, 0.3) is 0 Å². The van der Waals surface area contributed by atoms with Crippen molar-refractivity contribution in [3.05, 3.63) is 36.0 Å². The van der Waals surface area contributed by atoms with E-state index in [0.29, 0.717) is 13.0 Å². The van der Waals surface area contributed by atoms with Crippen molar-refractivity contribution in [1.29, 1.82) is 0 Å². The van der Waals surface area contributed by atoms with Gasteiger partial charge in [0.15, 0.2) is 0 Å². The molecule has 88 valence electrons. The van der Waals surface area contributed by atoms with Crippen LogP contribution in [0.5, 0.6) is 0 Å². The van der Waals surface area contributed by atoms with Crippen molar-refractivity contribution in [3.63, 3.8) is 0 Å². The Morgan fingerprint density at radius 3 is 3.24 bits per heavy atom. The van der Waals surface area contributed by atoms with Gasteiger partial charge in [-0.15, -0.1) is 0 Å². The second kappa shape index (κ2) is 5.30. The van der Waals surface area contributed by atoms with Crippen molar-refractivity contribution < 1.29 is 9.53 Å². The third-order valence-electron chi connectivity index (χ3n) is 2.41. The highest BCUT2D eigenvalue weighted by Gasteiger charge is 2.00. The van der Waals surface area contributed by atoms with E-state index >= 15 is 0 Å². The lowest BCUT2D eigenvalue weighted by Crippen LogP contribution is -2.01. The molecule has 0 fully saturated rings. The molecule has 1 aromatic carbocycles. The van der Waals surface area contributed by atoms with Crippen molar-refractivity contribution >= 4 is 22.9 Å². The Bertz CT molecular complexity index is 543. The number of esters is 1. The summed E-state index contributed by atoms with van der Waals surface area (Å²) in [6.07, 6.45) is 5.79.